The Balaban J connectivity index is 1.79. The Labute approximate surface area is 189 Å². The first kappa shape index (κ1) is 22.6. The van der Waals surface area contributed by atoms with Crippen molar-refractivity contribution in [1.82, 2.24) is 15.0 Å². The second-order valence-corrected chi connectivity index (χ2v) is 11.1. The lowest BCUT2D eigenvalue weighted by atomic mass is 9.92. The van der Waals surface area contributed by atoms with Gasteiger partial charge in [-0.25, -0.2) is 23.7 Å². The molecule has 1 atom stereocenters. The van der Waals surface area contributed by atoms with E-state index in [1.807, 2.05) is 0 Å². The number of aliphatic imine (C=N–C) groups is 1. The van der Waals surface area contributed by atoms with Gasteiger partial charge >= 0.3 is 0 Å². The topological polar surface area (TPSA) is 130 Å². The van der Waals surface area contributed by atoms with Gasteiger partial charge in [0.15, 0.2) is 5.82 Å². The van der Waals surface area contributed by atoms with Crippen LogP contribution in [0.15, 0.2) is 41.8 Å². The molecule has 0 aliphatic carbocycles. The quantitative estimate of drug-likeness (QED) is 0.426. The van der Waals surface area contributed by atoms with Gasteiger partial charge in [0.25, 0.3) is 0 Å². The van der Waals surface area contributed by atoms with Crippen molar-refractivity contribution in [3.8, 4) is 0 Å². The molecule has 1 aromatic carbocycles. The summed E-state index contributed by atoms with van der Waals surface area (Å²) >= 11 is 5.96. The van der Waals surface area contributed by atoms with Gasteiger partial charge in [0.1, 0.15) is 40.5 Å². The lowest BCUT2D eigenvalue weighted by Crippen LogP contribution is -2.53. The van der Waals surface area contributed by atoms with Gasteiger partial charge in [-0.15, -0.1) is 0 Å². The van der Waals surface area contributed by atoms with Gasteiger partial charge in [-0.2, -0.15) is 10.6 Å². The van der Waals surface area contributed by atoms with E-state index in [1.165, 1.54) is 38.5 Å². The summed E-state index contributed by atoms with van der Waals surface area (Å²) < 4.78 is 49.3. The van der Waals surface area contributed by atoms with Crippen molar-refractivity contribution in [2.24, 2.45) is 10.7 Å². The first-order chi connectivity index (χ1) is 15.0. The van der Waals surface area contributed by atoms with E-state index in [1.54, 1.807) is 6.07 Å². The summed E-state index contributed by atoms with van der Waals surface area (Å²) in [5, 5.41) is 3.43. The molecule has 3 aromatic rings. The number of nitrogens with one attached hydrogen (secondary N) is 1. The van der Waals surface area contributed by atoms with Crippen LogP contribution in [0, 0.1) is 5.82 Å². The second kappa shape index (κ2) is 7.77. The lowest BCUT2D eigenvalue weighted by molar-refractivity contribution is 0.312. The van der Waals surface area contributed by atoms with Crippen LogP contribution in [-0.4, -0.2) is 47.1 Å². The number of benzene rings is 1. The van der Waals surface area contributed by atoms with Crippen molar-refractivity contribution >= 4 is 50.6 Å². The van der Waals surface area contributed by atoms with E-state index >= 15 is 0 Å². The van der Waals surface area contributed by atoms with Gasteiger partial charge in [0, 0.05) is 17.4 Å². The number of hydrogen-bond donors (Lipinski definition) is 4. The van der Waals surface area contributed by atoms with Crippen molar-refractivity contribution in [3.63, 3.8) is 0 Å². The van der Waals surface area contributed by atoms with Crippen molar-refractivity contribution in [1.29, 1.82) is 0 Å². The Bertz CT molecular complexity index is 1240. The van der Waals surface area contributed by atoms with Gasteiger partial charge in [-0.1, -0.05) is 11.6 Å². The monoisotopic (exact) mass is 482 g/mol. The van der Waals surface area contributed by atoms with Crippen LogP contribution in [0.5, 0.6) is 0 Å². The number of nitrogens with zero attached hydrogens (tertiary/aromatic N) is 4. The van der Waals surface area contributed by atoms with Crippen molar-refractivity contribution in [2.45, 2.75) is 24.1 Å². The molecular formula is C20H21ClF2N6O2S. The standard InChI is InChI=1S/C20H21ClF2N6O2S/c1-19(2)18(24)29-20(8-22,9-32(19,30)31)13-6-12(3-4-14(13)23)28-17-16-15(26-10-27-17)5-11(21)7-25-16/h3-7,10,30-31H,8-9H2,1-2H3,(H2,24,29)(H,26,27,28)/t20-/m1/s1. The number of halogens is 3. The third kappa shape index (κ3) is 3.64. The normalized spacial score (nSPS) is 22.9. The number of nitrogens with two attached hydrogens (primary N) is 1. The Morgan fingerprint density at radius 2 is 1.97 bits per heavy atom. The third-order valence-corrected chi connectivity index (χ3v) is 8.53. The van der Waals surface area contributed by atoms with Crippen molar-refractivity contribution in [2.75, 3.05) is 17.7 Å². The fraction of sp³-hybridized carbons (Fsp3) is 0.300. The van der Waals surface area contributed by atoms with Crippen LogP contribution in [0.1, 0.15) is 19.4 Å². The van der Waals surface area contributed by atoms with E-state index in [2.05, 4.69) is 25.3 Å². The van der Waals surface area contributed by atoms with Crippen LogP contribution < -0.4 is 11.1 Å². The lowest BCUT2D eigenvalue weighted by Gasteiger charge is -2.53. The maximum Gasteiger partial charge on any atom is 0.160 e. The molecule has 1 aliphatic heterocycles. The van der Waals surface area contributed by atoms with Crippen LogP contribution in [0.3, 0.4) is 0 Å². The van der Waals surface area contributed by atoms with E-state index in [9.17, 15) is 17.9 Å². The fourth-order valence-corrected chi connectivity index (χ4v) is 5.32. The number of alkyl halides is 1. The first-order valence-electron chi connectivity index (χ1n) is 9.50. The van der Waals surface area contributed by atoms with Crippen LogP contribution >= 0.6 is 22.2 Å². The molecule has 0 amide bonds. The number of anilines is 2. The molecule has 0 spiro atoms. The summed E-state index contributed by atoms with van der Waals surface area (Å²) in [6.07, 6.45) is 2.76. The largest absolute Gasteiger partial charge is 0.386 e. The highest BCUT2D eigenvalue weighted by atomic mass is 35.5. The molecule has 4 rings (SSSR count). The van der Waals surface area contributed by atoms with Gasteiger partial charge < -0.3 is 11.1 Å². The molecule has 0 radical (unpaired) electrons. The maximum atomic E-state index is 14.9. The van der Waals surface area contributed by atoms with Crippen LogP contribution in [0.4, 0.5) is 20.3 Å². The Hall–Kier alpha value is -2.60. The average molecular weight is 483 g/mol. The maximum absolute atomic E-state index is 14.9. The highest BCUT2D eigenvalue weighted by Gasteiger charge is 2.51. The second-order valence-electron chi connectivity index (χ2n) is 8.05. The number of fused-ring (bicyclic) bond motifs is 1. The predicted octanol–water partition coefficient (Wildman–Crippen LogP) is 4.63. The van der Waals surface area contributed by atoms with E-state index in [-0.39, 0.29) is 11.4 Å². The average Bonchev–Trinajstić information content (AvgIpc) is 2.73. The first-order valence-corrected chi connectivity index (χ1v) is 11.6. The van der Waals surface area contributed by atoms with Crippen molar-refractivity contribution < 1.29 is 17.9 Å². The Morgan fingerprint density at radius 1 is 1.22 bits per heavy atom. The highest BCUT2D eigenvalue weighted by molar-refractivity contribution is 8.26. The molecule has 0 bridgehead atoms. The molecule has 3 heterocycles. The number of aromatic nitrogens is 3. The summed E-state index contributed by atoms with van der Waals surface area (Å²) in [6.45, 7) is 1.85. The van der Waals surface area contributed by atoms with Gasteiger partial charge in [-0.05, 0) is 38.1 Å². The van der Waals surface area contributed by atoms with Gasteiger partial charge in [-0.3, -0.25) is 14.1 Å². The van der Waals surface area contributed by atoms with E-state index < -0.39 is 39.1 Å². The minimum absolute atomic E-state index is 0.151. The molecule has 170 valence electrons. The summed E-state index contributed by atoms with van der Waals surface area (Å²) in [5.74, 6) is -1.07. The zero-order chi connectivity index (χ0) is 23.3. The summed E-state index contributed by atoms with van der Waals surface area (Å²) in [5.41, 5.74) is 5.23. The highest BCUT2D eigenvalue weighted by Crippen LogP contribution is 2.59. The number of amidine groups is 1. The summed E-state index contributed by atoms with van der Waals surface area (Å²) in [6, 6.07) is 5.55. The molecule has 1 aliphatic rings. The summed E-state index contributed by atoms with van der Waals surface area (Å²) in [7, 11) is -3.43. The third-order valence-electron chi connectivity index (χ3n) is 5.60. The van der Waals surface area contributed by atoms with E-state index in [0.717, 1.165) is 6.07 Å². The van der Waals surface area contributed by atoms with Crippen LogP contribution in [0.2, 0.25) is 5.02 Å². The van der Waals surface area contributed by atoms with Gasteiger partial charge in [0.2, 0.25) is 0 Å². The van der Waals surface area contributed by atoms with Crippen LogP contribution in [-0.2, 0) is 5.54 Å². The predicted molar refractivity (Wildman–Crippen MR) is 123 cm³/mol. The molecule has 32 heavy (non-hydrogen) atoms. The molecule has 0 fully saturated rings. The SMILES string of the molecule is CC1(C)C(N)=N[C@@](CF)(c2cc(Nc3ncnc4cc(Cl)cnc34)ccc2F)CS1(O)O. The fourth-order valence-electron chi connectivity index (χ4n) is 3.46. The minimum atomic E-state index is -3.43. The minimum Gasteiger partial charge on any atom is -0.386 e. The molecule has 0 unspecified atom stereocenters. The molecule has 8 nitrogen and oxygen atoms in total. The summed E-state index contributed by atoms with van der Waals surface area (Å²) in [4.78, 5) is 16.7. The molecule has 12 heteroatoms. The number of pyridine rings is 1. The van der Waals surface area contributed by atoms with Crippen LogP contribution in [0.25, 0.3) is 11.0 Å². The number of hydrogen-bond acceptors (Lipinski definition) is 8. The zero-order valence-electron chi connectivity index (χ0n) is 17.2. The Morgan fingerprint density at radius 3 is 2.66 bits per heavy atom. The molecular weight excluding hydrogens is 462 g/mol. The van der Waals surface area contributed by atoms with E-state index in [0.29, 0.717) is 27.6 Å². The van der Waals surface area contributed by atoms with Gasteiger partial charge in [0.05, 0.1) is 16.3 Å². The van der Waals surface area contributed by atoms with E-state index in [4.69, 9.17) is 17.3 Å². The Kier molecular flexibility index (Phi) is 5.48. The van der Waals surface area contributed by atoms with Crippen molar-refractivity contribution in [3.05, 3.63) is 53.2 Å². The molecule has 0 saturated heterocycles. The molecule has 0 saturated carbocycles. The smallest absolute Gasteiger partial charge is 0.160 e. The zero-order valence-corrected chi connectivity index (χ0v) is 18.8. The number of rotatable bonds is 4. The molecule has 5 N–H and O–H groups in total. The molecule has 2 aromatic heterocycles.